The molecule has 0 amide bonds. The van der Waals surface area contributed by atoms with Gasteiger partial charge in [-0.2, -0.15) is 13.2 Å². The van der Waals surface area contributed by atoms with E-state index in [1.165, 1.54) is 6.20 Å². The normalized spacial score (nSPS) is 15.9. The van der Waals surface area contributed by atoms with Gasteiger partial charge < -0.3 is 20.5 Å². The molecule has 0 spiro atoms. The number of hydrogen-bond donors (Lipinski definition) is 2. The highest BCUT2D eigenvalue weighted by molar-refractivity contribution is 14.0. The number of morpholine rings is 1. The molecule has 0 unspecified atom stereocenters. The molecule has 0 saturated carbocycles. The summed E-state index contributed by atoms with van der Waals surface area (Å²) in [6, 6.07) is 3.21. The SMILES string of the molecule is I.NC(=NCc1cccnc1OCC(F)(F)F)NCCCN1CCOCC1. The molecule has 1 fully saturated rings. The monoisotopic (exact) mass is 503 g/mol. The highest BCUT2D eigenvalue weighted by Gasteiger charge is 2.29. The van der Waals surface area contributed by atoms with Crippen LogP contribution in [0.25, 0.3) is 0 Å². The highest BCUT2D eigenvalue weighted by atomic mass is 127. The summed E-state index contributed by atoms with van der Waals surface area (Å²) in [7, 11) is 0. The van der Waals surface area contributed by atoms with Crippen molar-refractivity contribution in [3.05, 3.63) is 23.9 Å². The Morgan fingerprint density at radius 1 is 1.37 bits per heavy atom. The number of pyridine rings is 1. The van der Waals surface area contributed by atoms with E-state index in [1.54, 1.807) is 12.1 Å². The second-order valence-corrected chi connectivity index (χ2v) is 5.81. The molecule has 27 heavy (non-hydrogen) atoms. The number of aliphatic imine (C=N–C) groups is 1. The molecule has 0 aliphatic carbocycles. The van der Waals surface area contributed by atoms with E-state index >= 15 is 0 Å². The molecule has 0 radical (unpaired) electrons. The van der Waals surface area contributed by atoms with Gasteiger partial charge in [0.15, 0.2) is 12.6 Å². The summed E-state index contributed by atoms with van der Waals surface area (Å²) in [6.07, 6.45) is -2.14. The van der Waals surface area contributed by atoms with Crippen molar-refractivity contribution < 1.29 is 22.6 Å². The van der Waals surface area contributed by atoms with E-state index in [1.807, 2.05) is 0 Å². The van der Waals surface area contributed by atoms with Gasteiger partial charge in [0, 0.05) is 31.4 Å². The second-order valence-electron chi connectivity index (χ2n) is 5.81. The molecule has 0 aromatic carbocycles. The lowest BCUT2D eigenvalue weighted by Crippen LogP contribution is -2.39. The fraction of sp³-hybridized carbons (Fsp3) is 0.625. The van der Waals surface area contributed by atoms with Crippen LogP contribution in [-0.4, -0.2) is 68.0 Å². The van der Waals surface area contributed by atoms with Crippen LogP contribution in [0.4, 0.5) is 13.2 Å². The second kappa shape index (κ2) is 12.2. The average Bonchev–Trinajstić information content (AvgIpc) is 2.63. The zero-order valence-electron chi connectivity index (χ0n) is 14.9. The van der Waals surface area contributed by atoms with Crippen LogP contribution in [0.1, 0.15) is 12.0 Å². The Bertz CT molecular complexity index is 583. The van der Waals surface area contributed by atoms with Crippen molar-refractivity contribution in [3.63, 3.8) is 0 Å². The summed E-state index contributed by atoms with van der Waals surface area (Å²) in [5, 5.41) is 3.00. The lowest BCUT2D eigenvalue weighted by atomic mass is 10.3. The summed E-state index contributed by atoms with van der Waals surface area (Å²) in [5.74, 6) is 0.145. The van der Waals surface area contributed by atoms with Gasteiger partial charge in [0.05, 0.1) is 19.8 Å². The molecule has 0 atom stereocenters. The number of alkyl halides is 3. The molecule has 11 heteroatoms. The van der Waals surface area contributed by atoms with Gasteiger partial charge in [0.25, 0.3) is 0 Å². The van der Waals surface area contributed by atoms with Crippen molar-refractivity contribution in [3.8, 4) is 5.88 Å². The van der Waals surface area contributed by atoms with E-state index in [4.69, 9.17) is 15.2 Å². The number of rotatable bonds is 8. The highest BCUT2D eigenvalue weighted by Crippen LogP contribution is 2.20. The largest absolute Gasteiger partial charge is 0.468 e. The predicted molar refractivity (Wildman–Crippen MR) is 106 cm³/mol. The van der Waals surface area contributed by atoms with Crippen molar-refractivity contribution in [2.45, 2.75) is 19.1 Å². The van der Waals surface area contributed by atoms with Crippen LogP contribution in [0.5, 0.6) is 5.88 Å². The van der Waals surface area contributed by atoms with Crippen molar-refractivity contribution in [1.82, 2.24) is 15.2 Å². The van der Waals surface area contributed by atoms with E-state index in [9.17, 15) is 13.2 Å². The molecule has 2 rings (SSSR count). The molecule has 7 nitrogen and oxygen atoms in total. The third-order valence-electron chi connectivity index (χ3n) is 3.70. The van der Waals surface area contributed by atoms with Crippen LogP contribution in [0.2, 0.25) is 0 Å². The first-order valence-corrected chi connectivity index (χ1v) is 8.41. The van der Waals surface area contributed by atoms with E-state index in [0.717, 1.165) is 39.3 Å². The maximum Gasteiger partial charge on any atom is 0.422 e. The maximum absolute atomic E-state index is 12.3. The van der Waals surface area contributed by atoms with Gasteiger partial charge in [-0.25, -0.2) is 9.98 Å². The molecule has 0 bridgehead atoms. The zero-order valence-corrected chi connectivity index (χ0v) is 17.2. The van der Waals surface area contributed by atoms with Gasteiger partial charge in [0.2, 0.25) is 5.88 Å². The van der Waals surface area contributed by atoms with E-state index < -0.39 is 12.8 Å². The van der Waals surface area contributed by atoms with Crippen LogP contribution in [0.3, 0.4) is 0 Å². The Labute approximate surface area is 173 Å². The van der Waals surface area contributed by atoms with Crippen LogP contribution in [-0.2, 0) is 11.3 Å². The number of nitrogens with two attached hydrogens (primary N) is 1. The Balaban J connectivity index is 0.00000364. The summed E-state index contributed by atoms with van der Waals surface area (Å²) < 4.78 is 46.8. The van der Waals surface area contributed by atoms with Gasteiger partial charge >= 0.3 is 6.18 Å². The zero-order chi connectivity index (χ0) is 18.8. The lowest BCUT2D eigenvalue weighted by molar-refractivity contribution is -0.154. The van der Waals surface area contributed by atoms with Gasteiger partial charge in [-0.05, 0) is 19.0 Å². The van der Waals surface area contributed by atoms with Crippen molar-refractivity contribution >= 4 is 29.9 Å². The van der Waals surface area contributed by atoms with E-state index in [-0.39, 0.29) is 42.4 Å². The minimum atomic E-state index is -4.42. The van der Waals surface area contributed by atoms with Gasteiger partial charge in [0.1, 0.15) is 0 Å². The summed E-state index contributed by atoms with van der Waals surface area (Å²) in [4.78, 5) is 10.3. The molecule has 3 N–H and O–H groups in total. The van der Waals surface area contributed by atoms with Crippen molar-refractivity contribution in [1.29, 1.82) is 0 Å². The number of guanidine groups is 1. The Morgan fingerprint density at radius 3 is 2.81 bits per heavy atom. The van der Waals surface area contributed by atoms with E-state index in [0.29, 0.717) is 12.1 Å². The fourth-order valence-corrected chi connectivity index (χ4v) is 2.39. The van der Waals surface area contributed by atoms with Crippen LogP contribution >= 0.6 is 24.0 Å². The molecule has 154 valence electrons. The third-order valence-corrected chi connectivity index (χ3v) is 3.70. The molecule has 2 heterocycles. The molecule has 1 aromatic rings. The lowest BCUT2D eigenvalue weighted by Gasteiger charge is -2.26. The number of nitrogens with one attached hydrogen (secondary N) is 1. The first kappa shape index (κ1) is 23.7. The quantitative estimate of drug-likeness (QED) is 0.244. The summed E-state index contributed by atoms with van der Waals surface area (Å²) in [5.41, 5.74) is 6.24. The first-order chi connectivity index (χ1) is 12.4. The fourth-order valence-electron chi connectivity index (χ4n) is 2.39. The number of halogens is 4. The van der Waals surface area contributed by atoms with Crippen LogP contribution in [0, 0.1) is 0 Å². The topological polar surface area (TPSA) is 85.0 Å². The molecular formula is C16H25F3IN5O2. The van der Waals surface area contributed by atoms with Crippen LogP contribution in [0.15, 0.2) is 23.3 Å². The Morgan fingerprint density at radius 2 is 2.11 bits per heavy atom. The number of aromatic nitrogens is 1. The van der Waals surface area contributed by atoms with Gasteiger partial charge in [-0.15, -0.1) is 24.0 Å². The average molecular weight is 503 g/mol. The third kappa shape index (κ3) is 9.96. The number of nitrogens with zero attached hydrogens (tertiary/aromatic N) is 3. The van der Waals surface area contributed by atoms with Crippen molar-refractivity contribution in [2.24, 2.45) is 10.7 Å². The Hall–Kier alpha value is -1.34. The number of ether oxygens (including phenoxy) is 2. The number of hydrogen-bond acceptors (Lipinski definition) is 5. The molecule has 1 aromatic heterocycles. The van der Waals surface area contributed by atoms with Crippen molar-refractivity contribution in [2.75, 3.05) is 46.0 Å². The summed E-state index contributed by atoms with van der Waals surface area (Å²) >= 11 is 0. The van der Waals surface area contributed by atoms with Gasteiger partial charge in [-0.3, -0.25) is 4.90 Å². The summed E-state index contributed by atoms with van der Waals surface area (Å²) in [6.45, 7) is 3.70. The molecule has 1 aliphatic heterocycles. The minimum Gasteiger partial charge on any atom is -0.468 e. The smallest absolute Gasteiger partial charge is 0.422 e. The molecule has 1 aliphatic rings. The Kier molecular flexibility index (Phi) is 10.7. The standard InChI is InChI=1S/C16H24F3N5O2.HI/c17-16(18,19)12-26-14-13(3-1-4-21-14)11-23-15(20)22-5-2-6-24-7-9-25-10-8-24;/h1,3-4H,2,5-12H2,(H3,20,22,23);1H. The maximum atomic E-state index is 12.3. The van der Waals surface area contributed by atoms with Crippen LogP contribution < -0.4 is 15.8 Å². The first-order valence-electron chi connectivity index (χ1n) is 8.41. The molecular weight excluding hydrogens is 478 g/mol. The van der Waals surface area contributed by atoms with E-state index in [2.05, 4.69) is 20.2 Å². The predicted octanol–water partition coefficient (Wildman–Crippen LogP) is 1.77. The molecule has 1 saturated heterocycles. The minimum absolute atomic E-state index is 0. The van der Waals surface area contributed by atoms with Gasteiger partial charge in [-0.1, -0.05) is 6.07 Å².